The fourth-order valence-corrected chi connectivity index (χ4v) is 2.23. The van der Waals surface area contributed by atoms with E-state index in [1.807, 2.05) is 0 Å². The summed E-state index contributed by atoms with van der Waals surface area (Å²) in [5.74, 6) is -5.27. The molecule has 0 heterocycles. The molecule has 0 spiro atoms. The van der Waals surface area contributed by atoms with Gasteiger partial charge in [0, 0.05) is 5.41 Å². The second-order valence-electron chi connectivity index (χ2n) is 5.85. The van der Waals surface area contributed by atoms with Gasteiger partial charge in [-0.15, -0.1) is 0 Å². The van der Waals surface area contributed by atoms with Gasteiger partial charge < -0.3 is 5.11 Å². The summed E-state index contributed by atoms with van der Waals surface area (Å²) in [5, 5.41) is 10.4. The molecule has 6 heteroatoms. The van der Waals surface area contributed by atoms with Crippen molar-refractivity contribution in [2.45, 2.75) is 45.4 Å². The predicted octanol–water partition coefficient (Wildman–Crippen LogP) is 4.43. The molecule has 1 nitrogen and oxygen atoms in total. The molecule has 20 heavy (non-hydrogen) atoms. The summed E-state index contributed by atoms with van der Waals surface area (Å²) in [6.07, 6.45) is -5.85. The highest BCUT2D eigenvalue weighted by molar-refractivity contribution is 5.35. The van der Waals surface area contributed by atoms with Crippen LogP contribution < -0.4 is 0 Å². The highest BCUT2D eigenvalue weighted by Gasteiger charge is 2.74. The van der Waals surface area contributed by atoms with Crippen LogP contribution in [0.1, 0.15) is 31.9 Å². The summed E-state index contributed by atoms with van der Waals surface area (Å²) in [5.41, 5.74) is -5.33. The van der Waals surface area contributed by atoms with Crippen LogP contribution in [-0.4, -0.2) is 17.2 Å². The maximum Gasteiger partial charge on any atom is 0.456 e. The van der Waals surface area contributed by atoms with Gasteiger partial charge >= 0.3 is 12.1 Å². The maximum atomic E-state index is 14.0. The van der Waals surface area contributed by atoms with Crippen molar-refractivity contribution in [2.75, 3.05) is 0 Å². The molecule has 0 aromatic heterocycles. The molecule has 0 bridgehead atoms. The standard InChI is InChI=1S/C14H17F5O/c1-9-7-5-6-8-10(9)12(20,11(2,3)4)13(15,16)14(17,18)19/h5-8,20H,1-4H3. The van der Waals surface area contributed by atoms with E-state index in [1.165, 1.54) is 25.1 Å². The zero-order chi connectivity index (χ0) is 16.0. The van der Waals surface area contributed by atoms with Gasteiger partial charge in [-0.2, -0.15) is 22.0 Å². The Labute approximate surface area is 114 Å². The van der Waals surface area contributed by atoms with Crippen LogP contribution in [0, 0.1) is 12.3 Å². The molecule has 1 aromatic carbocycles. The Morgan fingerprint density at radius 3 is 1.70 bits per heavy atom. The van der Waals surface area contributed by atoms with Gasteiger partial charge in [0.2, 0.25) is 0 Å². The Hall–Kier alpha value is -1.17. The van der Waals surface area contributed by atoms with Gasteiger partial charge in [-0.3, -0.25) is 0 Å². The Morgan fingerprint density at radius 2 is 1.35 bits per heavy atom. The summed E-state index contributed by atoms with van der Waals surface area (Å²) in [7, 11) is 0. The van der Waals surface area contributed by atoms with E-state index < -0.39 is 28.7 Å². The molecule has 0 saturated carbocycles. The summed E-state index contributed by atoms with van der Waals surface area (Å²) in [6.45, 7) is 4.84. The minimum absolute atomic E-state index is 0.175. The third-order valence-corrected chi connectivity index (χ3v) is 3.43. The van der Waals surface area contributed by atoms with Crippen molar-refractivity contribution in [2.24, 2.45) is 5.41 Å². The summed E-state index contributed by atoms with van der Waals surface area (Å²) in [4.78, 5) is 0. The number of hydrogen-bond acceptors (Lipinski definition) is 1. The first kappa shape index (κ1) is 16.9. The van der Waals surface area contributed by atoms with Crippen LogP contribution in [0.5, 0.6) is 0 Å². The first-order valence-corrected chi connectivity index (χ1v) is 6.00. The van der Waals surface area contributed by atoms with Crippen molar-refractivity contribution in [1.82, 2.24) is 0 Å². The van der Waals surface area contributed by atoms with Crippen molar-refractivity contribution in [1.29, 1.82) is 0 Å². The van der Waals surface area contributed by atoms with Crippen LogP contribution in [0.15, 0.2) is 24.3 Å². The van der Waals surface area contributed by atoms with Gasteiger partial charge in [-0.05, 0) is 18.1 Å². The smallest absolute Gasteiger partial charge is 0.378 e. The second kappa shape index (κ2) is 4.69. The summed E-state index contributed by atoms with van der Waals surface area (Å²) in [6, 6.07) is 5.32. The monoisotopic (exact) mass is 296 g/mol. The molecule has 0 aliphatic heterocycles. The average molecular weight is 296 g/mol. The Morgan fingerprint density at radius 1 is 0.900 bits per heavy atom. The molecular formula is C14H17F5O. The van der Waals surface area contributed by atoms with Crippen LogP contribution in [0.25, 0.3) is 0 Å². The molecule has 0 fully saturated rings. The topological polar surface area (TPSA) is 20.2 Å². The first-order valence-electron chi connectivity index (χ1n) is 6.00. The lowest BCUT2D eigenvalue weighted by Gasteiger charge is -2.46. The largest absolute Gasteiger partial charge is 0.456 e. The quantitative estimate of drug-likeness (QED) is 0.801. The molecule has 1 unspecified atom stereocenters. The SMILES string of the molecule is Cc1ccccc1C(O)(C(C)(C)C)C(F)(F)C(F)(F)F. The normalized spacial score (nSPS) is 16.9. The maximum absolute atomic E-state index is 14.0. The highest BCUT2D eigenvalue weighted by Crippen LogP contribution is 2.56. The number of rotatable bonds is 2. The third kappa shape index (κ3) is 2.30. The van der Waals surface area contributed by atoms with E-state index in [2.05, 4.69) is 0 Å². The number of aliphatic hydroxyl groups is 1. The van der Waals surface area contributed by atoms with Gasteiger partial charge in [0.25, 0.3) is 0 Å². The number of hydrogen-bond donors (Lipinski definition) is 1. The second-order valence-corrected chi connectivity index (χ2v) is 5.85. The lowest BCUT2D eigenvalue weighted by atomic mass is 9.67. The van der Waals surface area contributed by atoms with E-state index in [4.69, 9.17) is 0 Å². The Balaban J connectivity index is 3.69. The van der Waals surface area contributed by atoms with E-state index in [9.17, 15) is 27.1 Å². The van der Waals surface area contributed by atoms with Crippen LogP contribution in [0.4, 0.5) is 22.0 Å². The molecule has 1 rings (SSSR count). The molecule has 114 valence electrons. The molecule has 0 radical (unpaired) electrons. The van der Waals surface area contributed by atoms with Crippen LogP contribution in [0.3, 0.4) is 0 Å². The number of alkyl halides is 5. The fourth-order valence-electron chi connectivity index (χ4n) is 2.23. The molecule has 0 amide bonds. The lowest BCUT2D eigenvalue weighted by Crippen LogP contribution is -2.61. The van der Waals surface area contributed by atoms with Gasteiger partial charge in [0.1, 0.15) is 0 Å². The van der Waals surface area contributed by atoms with E-state index in [-0.39, 0.29) is 5.56 Å². The molecule has 0 aliphatic carbocycles. The molecule has 1 atom stereocenters. The number of halogens is 5. The minimum Gasteiger partial charge on any atom is -0.378 e. The van der Waals surface area contributed by atoms with E-state index >= 15 is 0 Å². The van der Waals surface area contributed by atoms with Gasteiger partial charge in [-0.25, -0.2) is 0 Å². The Kier molecular flexibility index (Phi) is 3.96. The molecule has 1 N–H and O–H groups in total. The minimum atomic E-state index is -5.85. The summed E-state index contributed by atoms with van der Waals surface area (Å²) < 4.78 is 66.2. The molecule has 0 aliphatic rings. The average Bonchev–Trinajstić information content (AvgIpc) is 2.25. The lowest BCUT2D eigenvalue weighted by molar-refractivity contribution is -0.366. The third-order valence-electron chi connectivity index (χ3n) is 3.43. The number of benzene rings is 1. The Bertz CT molecular complexity index is 487. The zero-order valence-corrected chi connectivity index (χ0v) is 11.6. The van der Waals surface area contributed by atoms with E-state index in [0.29, 0.717) is 0 Å². The van der Waals surface area contributed by atoms with Crippen molar-refractivity contribution >= 4 is 0 Å². The van der Waals surface area contributed by atoms with E-state index in [0.717, 1.165) is 26.8 Å². The predicted molar refractivity (Wildman–Crippen MR) is 65.5 cm³/mol. The van der Waals surface area contributed by atoms with Crippen LogP contribution in [-0.2, 0) is 5.60 Å². The first-order chi connectivity index (χ1) is 8.77. The van der Waals surface area contributed by atoms with E-state index in [1.54, 1.807) is 0 Å². The molecule has 0 saturated heterocycles. The van der Waals surface area contributed by atoms with Gasteiger partial charge in [0.15, 0.2) is 5.60 Å². The summed E-state index contributed by atoms with van der Waals surface area (Å²) >= 11 is 0. The van der Waals surface area contributed by atoms with Crippen molar-refractivity contribution in [3.8, 4) is 0 Å². The van der Waals surface area contributed by atoms with Crippen LogP contribution >= 0.6 is 0 Å². The van der Waals surface area contributed by atoms with Gasteiger partial charge in [0.05, 0.1) is 0 Å². The fraction of sp³-hybridized carbons (Fsp3) is 0.571. The number of aryl methyl sites for hydroxylation is 1. The zero-order valence-electron chi connectivity index (χ0n) is 11.6. The van der Waals surface area contributed by atoms with Crippen molar-refractivity contribution in [3.05, 3.63) is 35.4 Å². The van der Waals surface area contributed by atoms with Gasteiger partial charge in [-0.1, -0.05) is 45.0 Å². The molecular weight excluding hydrogens is 279 g/mol. The molecule has 1 aromatic rings. The van der Waals surface area contributed by atoms with Crippen molar-refractivity contribution < 1.29 is 27.1 Å². The van der Waals surface area contributed by atoms with Crippen LogP contribution in [0.2, 0.25) is 0 Å². The highest BCUT2D eigenvalue weighted by atomic mass is 19.4. The van der Waals surface area contributed by atoms with Crippen molar-refractivity contribution in [3.63, 3.8) is 0 Å².